The van der Waals surface area contributed by atoms with Crippen molar-refractivity contribution in [3.05, 3.63) is 47.5 Å². The van der Waals surface area contributed by atoms with E-state index in [9.17, 15) is 0 Å². The lowest BCUT2D eigenvalue weighted by Gasteiger charge is -1.99. The number of benzene rings is 1. The molecule has 0 saturated carbocycles. The summed E-state index contributed by atoms with van der Waals surface area (Å²) in [5.74, 6) is 0. The Labute approximate surface area is 92.1 Å². The van der Waals surface area contributed by atoms with Gasteiger partial charge in [-0.15, -0.1) is 0 Å². The molecule has 15 heavy (non-hydrogen) atoms. The molecule has 0 fully saturated rings. The number of allylic oxidation sites excluding steroid dienone is 2. The Hall–Kier alpha value is -1.55. The molecule has 0 amide bonds. The van der Waals surface area contributed by atoms with E-state index in [1.54, 1.807) is 0 Å². The Kier molecular flexibility index (Phi) is 5.25. The van der Waals surface area contributed by atoms with E-state index in [0.717, 1.165) is 18.4 Å². The Morgan fingerprint density at radius 3 is 2.67 bits per heavy atom. The van der Waals surface area contributed by atoms with Crippen LogP contribution >= 0.6 is 0 Å². The largest absolute Gasteiger partial charge is 0.193 e. The predicted molar refractivity (Wildman–Crippen MR) is 63.4 cm³/mol. The molecule has 0 aliphatic heterocycles. The van der Waals surface area contributed by atoms with E-state index in [2.05, 4.69) is 31.2 Å². The second-order valence-electron chi connectivity index (χ2n) is 3.65. The third-order valence-electron chi connectivity index (χ3n) is 2.33. The van der Waals surface area contributed by atoms with E-state index in [-0.39, 0.29) is 0 Å². The number of rotatable bonds is 5. The van der Waals surface area contributed by atoms with Crippen LogP contribution in [0.25, 0.3) is 0 Å². The van der Waals surface area contributed by atoms with Gasteiger partial charge in [0.15, 0.2) is 0 Å². The van der Waals surface area contributed by atoms with Gasteiger partial charge in [-0.25, -0.2) is 0 Å². The minimum Gasteiger partial charge on any atom is -0.193 e. The van der Waals surface area contributed by atoms with Crippen LogP contribution < -0.4 is 0 Å². The summed E-state index contributed by atoms with van der Waals surface area (Å²) in [6.45, 7) is 2.16. The van der Waals surface area contributed by atoms with Crippen molar-refractivity contribution in [2.75, 3.05) is 0 Å². The van der Waals surface area contributed by atoms with E-state index in [4.69, 9.17) is 5.26 Å². The Bertz CT molecular complexity index is 343. The standard InChI is InChI=1S/C14H17N/c1-2-3-5-10-14(12-15)11-13-8-6-4-7-9-13/h4,6-10H,2-3,5,11H2,1H3/b14-10-. The van der Waals surface area contributed by atoms with Gasteiger partial charge in [0, 0.05) is 12.0 Å². The SMILES string of the molecule is CCCC/C=C(\C#N)Cc1ccccc1. The molecule has 0 saturated heterocycles. The highest BCUT2D eigenvalue weighted by Crippen LogP contribution is 2.09. The first-order chi connectivity index (χ1) is 7.36. The van der Waals surface area contributed by atoms with Crippen molar-refractivity contribution in [1.82, 2.24) is 0 Å². The molecule has 78 valence electrons. The van der Waals surface area contributed by atoms with Crippen LogP contribution in [0.1, 0.15) is 31.7 Å². The van der Waals surface area contributed by atoms with Crippen LogP contribution in [0.2, 0.25) is 0 Å². The molecule has 1 nitrogen and oxygen atoms in total. The van der Waals surface area contributed by atoms with E-state index in [0.29, 0.717) is 0 Å². The van der Waals surface area contributed by atoms with E-state index in [1.807, 2.05) is 18.2 Å². The topological polar surface area (TPSA) is 23.8 Å². The smallest absolute Gasteiger partial charge is 0.0947 e. The maximum atomic E-state index is 8.97. The van der Waals surface area contributed by atoms with E-state index in [1.165, 1.54) is 18.4 Å². The van der Waals surface area contributed by atoms with Crippen LogP contribution in [0.5, 0.6) is 0 Å². The second-order valence-corrected chi connectivity index (χ2v) is 3.65. The van der Waals surface area contributed by atoms with Crippen LogP contribution in [0, 0.1) is 11.3 Å². The van der Waals surface area contributed by atoms with Crippen LogP contribution in [0.3, 0.4) is 0 Å². The number of nitrogens with zero attached hydrogens (tertiary/aromatic N) is 1. The van der Waals surface area contributed by atoms with Gasteiger partial charge in [-0.3, -0.25) is 0 Å². The van der Waals surface area contributed by atoms with Gasteiger partial charge in [0.2, 0.25) is 0 Å². The molecular weight excluding hydrogens is 182 g/mol. The van der Waals surface area contributed by atoms with Gasteiger partial charge >= 0.3 is 0 Å². The molecule has 0 heterocycles. The van der Waals surface area contributed by atoms with Gasteiger partial charge in [-0.1, -0.05) is 56.2 Å². The van der Waals surface area contributed by atoms with Gasteiger partial charge in [-0.05, 0) is 12.0 Å². The van der Waals surface area contributed by atoms with Crippen LogP contribution in [0.15, 0.2) is 42.0 Å². The van der Waals surface area contributed by atoms with Crippen LogP contribution in [-0.4, -0.2) is 0 Å². The molecule has 0 aromatic heterocycles. The monoisotopic (exact) mass is 199 g/mol. The summed E-state index contributed by atoms with van der Waals surface area (Å²) in [4.78, 5) is 0. The van der Waals surface area contributed by atoms with Crippen molar-refractivity contribution in [2.24, 2.45) is 0 Å². The molecule has 0 spiro atoms. The van der Waals surface area contributed by atoms with Gasteiger partial charge in [-0.2, -0.15) is 5.26 Å². The van der Waals surface area contributed by atoms with Gasteiger partial charge in [0.25, 0.3) is 0 Å². The van der Waals surface area contributed by atoms with E-state index >= 15 is 0 Å². The van der Waals surface area contributed by atoms with Gasteiger partial charge in [0.1, 0.15) is 0 Å². The maximum absolute atomic E-state index is 8.97. The van der Waals surface area contributed by atoms with E-state index < -0.39 is 0 Å². The molecule has 0 unspecified atom stereocenters. The molecule has 0 aliphatic rings. The lowest BCUT2D eigenvalue weighted by molar-refractivity contribution is 0.810. The van der Waals surface area contributed by atoms with Crippen LogP contribution in [-0.2, 0) is 6.42 Å². The zero-order valence-electron chi connectivity index (χ0n) is 9.24. The molecule has 0 bridgehead atoms. The molecular formula is C14H17N. The van der Waals surface area contributed by atoms with Crippen molar-refractivity contribution in [2.45, 2.75) is 32.6 Å². The van der Waals surface area contributed by atoms with Gasteiger partial charge < -0.3 is 0 Å². The first-order valence-corrected chi connectivity index (χ1v) is 5.50. The zero-order valence-corrected chi connectivity index (χ0v) is 9.24. The lowest BCUT2D eigenvalue weighted by Crippen LogP contribution is -1.87. The average Bonchev–Trinajstić information content (AvgIpc) is 2.29. The highest BCUT2D eigenvalue weighted by molar-refractivity contribution is 5.29. The fourth-order valence-corrected chi connectivity index (χ4v) is 1.45. The Balaban J connectivity index is 2.55. The predicted octanol–water partition coefficient (Wildman–Crippen LogP) is 3.87. The summed E-state index contributed by atoms with van der Waals surface area (Å²) in [6.07, 6.45) is 6.20. The molecule has 0 atom stereocenters. The first kappa shape index (κ1) is 11.5. The molecule has 0 radical (unpaired) electrons. The zero-order chi connectivity index (χ0) is 10.9. The summed E-state index contributed by atoms with van der Waals surface area (Å²) in [5, 5.41) is 8.97. The molecule has 0 aliphatic carbocycles. The summed E-state index contributed by atoms with van der Waals surface area (Å²) in [5.41, 5.74) is 2.09. The molecule has 1 aromatic carbocycles. The molecule has 1 aromatic rings. The highest BCUT2D eigenvalue weighted by Gasteiger charge is 1.97. The average molecular weight is 199 g/mol. The van der Waals surface area contributed by atoms with Crippen LogP contribution in [0.4, 0.5) is 0 Å². The summed E-state index contributed by atoms with van der Waals surface area (Å²) >= 11 is 0. The third-order valence-corrected chi connectivity index (χ3v) is 2.33. The quantitative estimate of drug-likeness (QED) is 0.521. The van der Waals surface area contributed by atoms with Crippen molar-refractivity contribution in [3.63, 3.8) is 0 Å². The number of unbranched alkanes of at least 4 members (excludes halogenated alkanes) is 2. The number of nitriles is 1. The normalized spacial score (nSPS) is 11.1. The molecule has 1 rings (SSSR count). The minimum absolute atomic E-state index is 0.765. The molecule has 1 heteroatoms. The fourth-order valence-electron chi connectivity index (χ4n) is 1.45. The second kappa shape index (κ2) is 6.84. The summed E-state index contributed by atoms with van der Waals surface area (Å²) < 4.78 is 0. The summed E-state index contributed by atoms with van der Waals surface area (Å²) in [7, 11) is 0. The minimum atomic E-state index is 0.765. The fraction of sp³-hybridized carbons (Fsp3) is 0.357. The highest BCUT2D eigenvalue weighted by atomic mass is 14.2. The summed E-state index contributed by atoms with van der Waals surface area (Å²) in [6, 6.07) is 12.4. The first-order valence-electron chi connectivity index (χ1n) is 5.50. The Morgan fingerprint density at radius 1 is 1.33 bits per heavy atom. The molecule has 0 N–H and O–H groups in total. The maximum Gasteiger partial charge on any atom is 0.0947 e. The third kappa shape index (κ3) is 4.46. The van der Waals surface area contributed by atoms with Gasteiger partial charge in [0.05, 0.1) is 6.07 Å². The van der Waals surface area contributed by atoms with Crippen molar-refractivity contribution in [1.29, 1.82) is 5.26 Å². The number of hydrogen-bond donors (Lipinski definition) is 0. The van der Waals surface area contributed by atoms with Crippen molar-refractivity contribution >= 4 is 0 Å². The number of hydrogen-bond acceptors (Lipinski definition) is 1. The Morgan fingerprint density at radius 2 is 2.07 bits per heavy atom. The van der Waals surface area contributed by atoms with Crippen molar-refractivity contribution < 1.29 is 0 Å². The lowest BCUT2D eigenvalue weighted by atomic mass is 10.0. The van der Waals surface area contributed by atoms with Crippen molar-refractivity contribution in [3.8, 4) is 6.07 Å².